The molecule has 0 radical (unpaired) electrons. The number of carbonyl (C=O) groups is 1. The van der Waals surface area contributed by atoms with Gasteiger partial charge in [0.15, 0.2) is 5.76 Å². The van der Waals surface area contributed by atoms with Crippen molar-refractivity contribution < 1.29 is 18.0 Å². The number of furan rings is 1. The van der Waals surface area contributed by atoms with Gasteiger partial charge in [-0.3, -0.25) is 4.79 Å². The fourth-order valence-corrected chi connectivity index (χ4v) is 2.61. The average Bonchev–Trinajstić information content (AvgIpc) is 3.10. The van der Waals surface area contributed by atoms with Crippen LogP contribution in [0, 0.1) is 23.0 Å². The van der Waals surface area contributed by atoms with Gasteiger partial charge in [0, 0.05) is 17.2 Å². The molecule has 3 aromatic rings. The molecule has 130 valence electrons. The predicted molar refractivity (Wildman–Crippen MR) is 91.3 cm³/mol. The molecule has 0 aliphatic carbocycles. The van der Waals surface area contributed by atoms with E-state index in [-0.39, 0.29) is 11.3 Å². The molecule has 1 N–H and O–H groups in total. The van der Waals surface area contributed by atoms with Crippen molar-refractivity contribution in [3.8, 4) is 17.4 Å². The molecule has 1 unspecified atom stereocenters. The Labute approximate surface area is 152 Å². The van der Waals surface area contributed by atoms with E-state index in [0.717, 1.165) is 12.1 Å². The number of nitrogens with zero attached hydrogens (tertiary/aromatic N) is 1. The second-order valence-corrected chi connectivity index (χ2v) is 5.75. The number of rotatable bonds is 4. The van der Waals surface area contributed by atoms with Crippen molar-refractivity contribution in [3.63, 3.8) is 0 Å². The van der Waals surface area contributed by atoms with Crippen LogP contribution in [-0.4, -0.2) is 5.91 Å². The molecule has 2 aromatic carbocycles. The maximum absolute atomic E-state index is 13.8. The Kier molecular flexibility index (Phi) is 5.01. The van der Waals surface area contributed by atoms with E-state index >= 15 is 0 Å². The smallest absolute Gasteiger partial charge is 0.288 e. The maximum atomic E-state index is 13.8. The molecule has 0 saturated carbocycles. The first-order chi connectivity index (χ1) is 12.5. The van der Waals surface area contributed by atoms with E-state index in [1.54, 1.807) is 36.4 Å². The summed E-state index contributed by atoms with van der Waals surface area (Å²) in [5.74, 6) is -2.10. The summed E-state index contributed by atoms with van der Waals surface area (Å²) in [5.41, 5.74) is 0.467. The van der Waals surface area contributed by atoms with E-state index in [1.165, 1.54) is 6.07 Å². The standard InChI is InChI=1S/C19H11ClF2N2O2/c20-14-4-2-1-3-12(14)17-7-8-18(26-17)19(25)24-16(10-23)13-6-5-11(21)9-15(13)22/h1-9,16H,(H,24,25). The first kappa shape index (κ1) is 17.6. The van der Waals surface area contributed by atoms with Gasteiger partial charge in [-0.05, 0) is 30.3 Å². The number of nitriles is 1. The van der Waals surface area contributed by atoms with Gasteiger partial charge in [-0.25, -0.2) is 8.78 Å². The molecular formula is C19H11ClF2N2O2. The molecule has 0 spiro atoms. The highest BCUT2D eigenvalue weighted by Crippen LogP contribution is 2.29. The Bertz CT molecular complexity index is 1010. The Morgan fingerprint density at radius 3 is 2.62 bits per heavy atom. The summed E-state index contributed by atoms with van der Waals surface area (Å²) in [6.45, 7) is 0. The number of hydrogen-bond acceptors (Lipinski definition) is 3. The molecule has 0 aliphatic rings. The average molecular weight is 373 g/mol. The molecule has 26 heavy (non-hydrogen) atoms. The number of benzene rings is 2. The Morgan fingerprint density at radius 2 is 1.92 bits per heavy atom. The highest BCUT2D eigenvalue weighted by Gasteiger charge is 2.21. The minimum atomic E-state index is -1.29. The van der Waals surface area contributed by atoms with Crippen molar-refractivity contribution in [2.24, 2.45) is 0 Å². The van der Waals surface area contributed by atoms with E-state index in [0.29, 0.717) is 22.4 Å². The lowest BCUT2D eigenvalue weighted by atomic mass is 10.1. The molecule has 4 nitrogen and oxygen atoms in total. The molecular weight excluding hydrogens is 362 g/mol. The lowest BCUT2D eigenvalue weighted by Gasteiger charge is -2.11. The minimum absolute atomic E-state index is 0.0670. The van der Waals surface area contributed by atoms with Crippen molar-refractivity contribution in [2.45, 2.75) is 6.04 Å². The van der Waals surface area contributed by atoms with Crippen LogP contribution in [0.1, 0.15) is 22.2 Å². The zero-order valence-corrected chi connectivity index (χ0v) is 13.9. The van der Waals surface area contributed by atoms with E-state index in [2.05, 4.69) is 5.32 Å². The van der Waals surface area contributed by atoms with Gasteiger partial charge in [-0.15, -0.1) is 0 Å². The van der Waals surface area contributed by atoms with Gasteiger partial charge in [0.25, 0.3) is 5.91 Å². The summed E-state index contributed by atoms with van der Waals surface area (Å²) in [7, 11) is 0. The fraction of sp³-hybridized carbons (Fsp3) is 0.0526. The number of hydrogen-bond donors (Lipinski definition) is 1. The normalized spacial score (nSPS) is 11.6. The largest absolute Gasteiger partial charge is 0.451 e. The highest BCUT2D eigenvalue weighted by atomic mass is 35.5. The van der Waals surface area contributed by atoms with E-state index in [4.69, 9.17) is 16.0 Å². The third-order valence-electron chi connectivity index (χ3n) is 3.65. The third-order valence-corrected chi connectivity index (χ3v) is 3.98. The van der Waals surface area contributed by atoms with Crippen LogP contribution in [0.4, 0.5) is 8.78 Å². The number of halogens is 3. The molecule has 3 rings (SSSR count). The zero-order valence-electron chi connectivity index (χ0n) is 13.2. The predicted octanol–water partition coefficient (Wildman–Crippen LogP) is 4.87. The molecule has 7 heteroatoms. The molecule has 1 atom stereocenters. The van der Waals surface area contributed by atoms with E-state index in [1.807, 2.05) is 0 Å². The second kappa shape index (κ2) is 7.38. The Balaban J connectivity index is 1.82. The molecule has 1 amide bonds. The fourth-order valence-electron chi connectivity index (χ4n) is 2.38. The zero-order chi connectivity index (χ0) is 18.7. The van der Waals surface area contributed by atoms with Crippen LogP contribution in [0.3, 0.4) is 0 Å². The van der Waals surface area contributed by atoms with Crippen molar-refractivity contribution in [1.29, 1.82) is 5.26 Å². The van der Waals surface area contributed by atoms with Crippen LogP contribution in [0.5, 0.6) is 0 Å². The van der Waals surface area contributed by atoms with Crippen molar-refractivity contribution >= 4 is 17.5 Å². The van der Waals surface area contributed by atoms with E-state index < -0.39 is 23.6 Å². The van der Waals surface area contributed by atoms with Gasteiger partial charge in [0.2, 0.25) is 0 Å². The summed E-state index contributed by atoms with van der Waals surface area (Å²) in [6.07, 6.45) is 0. The Hall–Kier alpha value is -3.17. The van der Waals surface area contributed by atoms with Crippen LogP contribution in [0.15, 0.2) is 59.0 Å². The quantitative estimate of drug-likeness (QED) is 0.710. The van der Waals surface area contributed by atoms with Crippen molar-refractivity contribution in [3.05, 3.63) is 82.6 Å². The summed E-state index contributed by atoms with van der Waals surface area (Å²) >= 11 is 6.09. The van der Waals surface area contributed by atoms with Gasteiger partial charge < -0.3 is 9.73 Å². The van der Waals surface area contributed by atoms with Gasteiger partial charge in [0.05, 0.1) is 11.1 Å². The second-order valence-electron chi connectivity index (χ2n) is 5.35. The first-order valence-corrected chi connectivity index (χ1v) is 7.87. The van der Waals surface area contributed by atoms with Gasteiger partial charge in [0.1, 0.15) is 23.4 Å². The first-order valence-electron chi connectivity index (χ1n) is 7.50. The lowest BCUT2D eigenvalue weighted by Crippen LogP contribution is -2.27. The lowest BCUT2D eigenvalue weighted by molar-refractivity contribution is 0.0917. The monoisotopic (exact) mass is 372 g/mol. The van der Waals surface area contributed by atoms with Crippen molar-refractivity contribution in [2.75, 3.05) is 0 Å². The van der Waals surface area contributed by atoms with Gasteiger partial charge in [-0.1, -0.05) is 29.8 Å². The summed E-state index contributed by atoms with van der Waals surface area (Å²) < 4.78 is 32.3. The summed E-state index contributed by atoms with van der Waals surface area (Å²) in [6, 6.07) is 13.2. The summed E-state index contributed by atoms with van der Waals surface area (Å²) in [4.78, 5) is 12.3. The minimum Gasteiger partial charge on any atom is -0.451 e. The van der Waals surface area contributed by atoms with Gasteiger partial charge in [-0.2, -0.15) is 5.26 Å². The molecule has 1 aromatic heterocycles. The van der Waals surface area contributed by atoms with Crippen molar-refractivity contribution in [1.82, 2.24) is 5.32 Å². The van der Waals surface area contributed by atoms with Crippen LogP contribution >= 0.6 is 11.6 Å². The Morgan fingerprint density at radius 1 is 1.15 bits per heavy atom. The van der Waals surface area contributed by atoms with E-state index in [9.17, 15) is 18.8 Å². The maximum Gasteiger partial charge on any atom is 0.288 e. The molecule has 0 bridgehead atoms. The molecule has 1 heterocycles. The number of nitrogens with one attached hydrogen (secondary N) is 1. The molecule has 0 fully saturated rings. The van der Waals surface area contributed by atoms with Crippen LogP contribution in [-0.2, 0) is 0 Å². The van der Waals surface area contributed by atoms with Crippen LogP contribution in [0.2, 0.25) is 5.02 Å². The number of amides is 1. The SMILES string of the molecule is N#CC(NC(=O)c1ccc(-c2ccccc2Cl)o1)c1ccc(F)cc1F. The van der Waals surface area contributed by atoms with Gasteiger partial charge >= 0.3 is 0 Å². The third kappa shape index (κ3) is 3.58. The summed E-state index contributed by atoms with van der Waals surface area (Å²) in [5, 5.41) is 12.0. The highest BCUT2D eigenvalue weighted by molar-refractivity contribution is 6.33. The molecule has 0 saturated heterocycles. The van der Waals surface area contributed by atoms with Crippen LogP contribution < -0.4 is 5.32 Å². The topological polar surface area (TPSA) is 66.0 Å². The number of carbonyl (C=O) groups excluding carboxylic acids is 1. The van der Waals surface area contributed by atoms with Crippen LogP contribution in [0.25, 0.3) is 11.3 Å². The molecule has 0 aliphatic heterocycles.